The van der Waals surface area contributed by atoms with E-state index in [0.717, 1.165) is 6.29 Å². The molecule has 1 aromatic carbocycles. The van der Waals surface area contributed by atoms with E-state index in [2.05, 4.69) is 4.74 Å². The average Bonchev–Trinajstić information content (AvgIpc) is 2.66. The summed E-state index contributed by atoms with van der Waals surface area (Å²) in [4.78, 5) is 36.7. The first-order valence-electron chi connectivity index (χ1n) is 8.31. The van der Waals surface area contributed by atoms with Crippen molar-refractivity contribution in [1.82, 2.24) is 4.90 Å². The van der Waals surface area contributed by atoms with Crippen LogP contribution in [0.2, 0.25) is 0 Å². The Morgan fingerprint density at radius 1 is 1.12 bits per heavy atom. The minimum atomic E-state index is -0.923. The molecule has 1 amide bonds. The standard InChI is InChI=1S/C19H27NO6/c1-14(22)8-9-19(13-21,10-11-20(2)18(23)26-5)15-6-7-16(24-3)17(12-15)25-4/h6-7,12-13H,8-11H2,1-5H3/t19-/m1/s1. The van der Waals surface area contributed by atoms with Gasteiger partial charge in [0.25, 0.3) is 0 Å². The smallest absolute Gasteiger partial charge is 0.409 e. The summed E-state index contributed by atoms with van der Waals surface area (Å²) >= 11 is 0. The first kappa shape index (κ1) is 21.5. The van der Waals surface area contributed by atoms with Gasteiger partial charge in [0.15, 0.2) is 11.5 Å². The van der Waals surface area contributed by atoms with E-state index in [9.17, 15) is 14.4 Å². The average molecular weight is 365 g/mol. The zero-order chi connectivity index (χ0) is 19.7. The number of hydrogen-bond donors (Lipinski definition) is 0. The van der Waals surface area contributed by atoms with Gasteiger partial charge in [0.05, 0.1) is 26.7 Å². The molecule has 1 aromatic rings. The number of carbonyl (C=O) groups is 3. The van der Waals surface area contributed by atoms with E-state index in [1.54, 1.807) is 25.2 Å². The molecule has 0 bridgehead atoms. The lowest BCUT2D eigenvalue weighted by Crippen LogP contribution is -2.36. The van der Waals surface area contributed by atoms with Gasteiger partial charge in [0.1, 0.15) is 12.1 Å². The first-order valence-corrected chi connectivity index (χ1v) is 8.31. The molecule has 0 aliphatic heterocycles. The number of benzene rings is 1. The molecule has 26 heavy (non-hydrogen) atoms. The molecule has 7 nitrogen and oxygen atoms in total. The molecule has 0 fully saturated rings. The van der Waals surface area contributed by atoms with E-state index in [4.69, 9.17) is 9.47 Å². The van der Waals surface area contributed by atoms with Crippen LogP contribution < -0.4 is 9.47 Å². The highest BCUT2D eigenvalue weighted by atomic mass is 16.5. The molecule has 0 heterocycles. The molecular weight excluding hydrogens is 338 g/mol. The second kappa shape index (κ2) is 9.79. The quantitative estimate of drug-likeness (QED) is 0.593. The molecule has 0 N–H and O–H groups in total. The molecule has 0 aliphatic carbocycles. The van der Waals surface area contributed by atoms with Crippen LogP contribution in [-0.2, 0) is 19.7 Å². The molecule has 0 aromatic heterocycles. The molecule has 0 saturated carbocycles. The van der Waals surface area contributed by atoms with Crippen molar-refractivity contribution >= 4 is 18.2 Å². The van der Waals surface area contributed by atoms with Crippen molar-refractivity contribution in [2.45, 2.75) is 31.6 Å². The van der Waals surface area contributed by atoms with Gasteiger partial charge in [0.2, 0.25) is 0 Å². The highest BCUT2D eigenvalue weighted by Crippen LogP contribution is 2.37. The maximum Gasteiger partial charge on any atom is 0.409 e. The van der Waals surface area contributed by atoms with E-state index in [-0.39, 0.29) is 12.2 Å². The predicted octanol–water partition coefficient (Wildman–Crippen LogP) is 2.60. The van der Waals surface area contributed by atoms with Gasteiger partial charge in [-0.3, -0.25) is 0 Å². The van der Waals surface area contributed by atoms with Crippen LogP contribution in [0.1, 0.15) is 31.7 Å². The second-order valence-corrected chi connectivity index (χ2v) is 6.19. The van der Waals surface area contributed by atoms with Crippen LogP contribution in [-0.4, -0.2) is 58.0 Å². The summed E-state index contributed by atoms with van der Waals surface area (Å²) in [6, 6.07) is 5.25. The number of amides is 1. The maximum absolute atomic E-state index is 12.1. The number of methoxy groups -OCH3 is 3. The lowest BCUT2D eigenvalue weighted by Gasteiger charge is -2.31. The number of rotatable bonds is 10. The highest BCUT2D eigenvalue weighted by molar-refractivity contribution is 5.77. The Labute approximate surface area is 154 Å². The van der Waals surface area contributed by atoms with Gasteiger partial charge < -0.3 is 28.7 Å². The predicted molar refractivity (Wildman–Crippen MR) is 96.9 cm³/mol. The molecule has 1 rings (SSSR count). The topological polar surface area (TPSA) is 82.1 Å². The zero-order valence-corrected chi connectivity index (χ0v) is 16.0. The molecule has 0 unspecified atom stereocenters. The van der Waals surface area contributed by atoms with Crippen molar-refractivity contribution in [2.75, 3.05) is 34.9 Å². The molecule has 144 valence electrons. The Morgan fingerprint density at radius 2 is 1.77 bits per heavy atom. The van der Waals surface area contributed by atoms with Gasteiger partial charge in [0, 0.05) is 20.0 Å². The Balaban J connectivity index is 3.23. The van der Waals surface area contributed by atoms with E-state index in [1.165, 1.54) is 33.2 Å². The molecule has 1 atom stereocenters. The third kappa shape index (κ3) is 5.21. The Kier molecular flexibility index (Phi) is 8.09. The minimum Gasteiger partial charge on any atom is -0.493 e. The summed E-state index contributed by atoms with van der Waals surface area (Å²) in [5.74, 6) is 1.05. The summed E-state index contributed by atoms with van der Waals surface area (Å²) < 4.78 is 15.3. The van der Waals surface area contributed by atoms with Crippen molar-refractivity contribution in [2.24, 2.45) is 0 Å². The second-order valence-electron chi connectivity index (χ2n) is 6.19. The third-order valence-corrected chi connectivity index (χ3v) is 4.49. The Hall–Kier alpha value is -2.57. The van der Waals surface area contributed by atoms with Crippen molar-refractivity contribution in [3.05, 3.63) is 23.8 Å². The minimum absolute atomic E-state index is 0.00183. The fourth-order valence-corrected chi connectivity index (χ4v) is 2.76. The SMILES string of the molecule is COC(=O)N(C)CC[C@@](C=O)(CCC(C)=O)c1ccc(OC)c(OC)c1. The van der Waals surface area contributed by atoms with Crippen LogP contribution in [0.25, 0.3) is 0 Å². The number of hydrogen-bond acceptors (Lipinski definition) is 6. The van der Waals surface area contributed by atoms with Crippen LogP contribution in [0.3, 0.4) is 0 Å². The number of aldehydes is 1. The van der Waals surface area contributed by atoms with Crippen LogP contribution in [0.4, 0.5) is 4.79 Å². The van der Waals surface area contributed by atoms with Crippen LogP contribution in [0.5, 0.6) is 11.5 Å². The van der Waals surface area contributed by atoms with Gasteiger partial charge in [-0.2, -0.15) is 0 Å². The zero-order valence-electron chi connectivity index (χ0n) is 16.0. The fraction of sp³-hybridized carbons (Fsp3) is 0.526. The monoisotopic (exact) mass is 365 g/mol. The van der Waals surface area contributed by atoms with E-state index < -0.39 is 11.5 Å². The van der Waals surface area contributed by atoms with Crippen molar-refractivity contribution in [1.29, 1.82) is 0 Å². The van der Waals surface area contributed by atoms with E-state index in [0.29, 0.717) is 36.4 Å². The summed E-state index contributed by atoms with van der Waals surface area (Å²) in [7, 11) is 5.95. The molecule has 0 radical (unpaired) electrons. The fourth-order valence-electron chi connectivity index (χ4n) is 2.76. The van der Waals surface area contributed by atoms with Crippen LogP contribution in [0.15, 0.2) is 18.2 Å². The van der Waals surface area contributed by atoms with Crippen LogP contribution >= 0.6 is 0 Å². The van der Waals surface area contributed by atoms with Gasteiger partial charge >= 0.3 is 6.09 Å². The molecule has 0 spiro atoms. The van der Waals surface area contributed by atoms with Gasteiger partial charge in [-0.1, -0.05) is 6.07 Å². The maximum atomic E-state index is 12.1. The first-order chi connectivity index (χ1) is 12.3. The summed E-state index contributed by atoms with van der Waals surface area (Å²) in [5.41, 5.74) is -0.210. The Morgan fingerprint density at radius 3 is 2.27 bits per heavy atom. The van der Waals surface area contributed by atoms with Crippen molar-refractivity contribution in [3.63, 3.8) is 0 Å². The molecule has 0 aliphatic rings. The number of Topliss-reactive ketones (excluding diaryl/α,β-unsaturated/α-hetero) is 1. The number of ketones is 1. The molecular formula is C19H27NO6. The lowest BCUT2D eigenvalue weighted by atomic mass is 9.74. The highest BCUT2D eigenvalue weighted by Gasteiger charge is 2.33. The van der Waals surface area contributed by atoms with Crippen molar-refractivity contribution in [3.8, 4) is 11.5 Å². The summed E-state index contributed by atoms with van der Waals surface area (Å²) in [5, 5.41) is 0. The summed E-state index contributed by atoms with van der Waals surface area (Å²) in [6.07, 6.45) is 1.32. The Bertz CT molecular complexity index is 645. The number of nitrogens with zero attached hydrogens (tertiary/aromatic N) is 1. The van der Waals surface area contributed by atoms with Gasteiger partial charge in [-0.25, -0.2) is 4.79 Å². The van der Waals surface area contributed by atoms with E-state index >= 15 is 0 Å². The lowest BCUT2D eigenvalue weighted by molar-refractivity contribution is -0.118. The largest absolute Gasteiger partial charge is 0.493 e. The van der Waals surface area contributed by atoms with Crippen LogP contribution in [0, 0.1) is 0 Å². The van der Waals surface area contributed by atoms with Crippen molar-refractivity contribution < 1.29 is 28.6 Å². The molecule has 7 heteroatoms. The van der Waals surface area contributed by atoms with Gasteiger partial charge in [-0.05, 0) is 37.5 Å². The summed E-state index contributed by atoms with van der Waals surface area (Å²) in [6.45, 7) is 1.79. The third-order valence-electron chi connectivity index (χ3n) is 4.49. The number of ether oxygens (including phenoxy) is 3. The van der Waals surface area contributed by atoms with E-state index in [1.807, 2.05) is 0 Å². The number of carbonyl (C=O) groups excluding carboxylic acids is 3. The van der Waals surface area contributed by atoms with Gasteiger partial charge in [-0.15, -0.1) is 0 Å². The molecule has 0 saturated heterocycles. The normalized spacial score (nSPS) is 12.7.